The number of carbonyl (C=O) groups is 2. The Hall–Kier alpha value is -1.67. The predicted octanol–water partition coefficient (Wildman–Crippen LogP) is 7.89. The average Bonchev–Trinajstić information content (AvgIpc) is 3.22. The number of hydrogen-bond donors (Lipinski definition) is 2. The maximum atomic E-state index is 12.9. The Labute approximate surface area is 232 Å². The molecule has 0 radical (unpaired) electrons. The van der Waals surface area contributed by atoms with Crippen LogP contribution in [-0.4, -0.2) is 34.7 Å². The van der Waals surface area contributed by atoms with Crippen LogP contribution in [0.25, 0.3) is 11.1 Å². The Morgan fingerprint density at radius 1 is 1.17 bits per heavy atom. The molecule has 1 aromatic heterocycles. The number of rotatable bonds is 8. The van der Waals surface area contributed by atoms with Crippen molar-refractivity contribution in [1.29, 1.82) is 0 Å². The van der Waals surface area contributed by atoms with Gasteiger partial charge in [-0.3, -0.25) is 5.32 Å². The van der Waals surface area contributed by atoms with Gasteiger partial charge in [-0.2, -0.15) is 0 Å². The van der Waals surface area contributed by atoms with Gasteiger partial charge >= 0.3 is 12.1 Å². The van der Waals surface area contributed by atoms with Crippen molar-refractivity contribution >= 4 is 63.2 Å². The first-order chi connectivity index (χ1) is 17.0. The molecule has 2 N–H and O–H groups in total. The topological polar surface area (TPSA) is 76.7 Å². The van der Waals surface area contributed by atoms with E-state index in [2.05, 4.69) is 31.4 Å². The first-order valence-corrected chi connectivity index (χ1v) is 14.2. The van der Waals surface area contributed by atoms with E-state index in [4.69, 9.17) is 44.3 Å². The fourth-order valence-corrected chi connectivity index (χ4v) is 5.88. The van der Waals surface area contributed by atoms with Crippen molar-refractivity contribution in [2.75, 3.05) is 11.9 Å². The smallest absolute Gasteiger partial charge is 0.409 e. The summed E-state index contributed by atoms with van der Waals surface area (Å²) in [5.41, 5.74) is 1.83. The molecule has 0 unspecified atom stereocenters. The van der Waals surface area contributed by atoms with Crippen LogP contribution in [0.2, 0.25) is 0 Å². The molecule has 2 aromatic rings. The summed E-state index contributed by atoms with van der Waals surface area (Å²) < 4.78 is 9.20. The standard InChI is InChI=1S/C26H33Cl3N2O4S/c1-5-34-23(32)21-19(17-9-7-6-8-10-17)14-36-22(21)30-24(26(27,28)29)31-25(33)35-20-13-16(4)11-12-18(20)15(2)3/h6-10,14-16,18,20,24,30H,5,11-13H2,1-4H3,(H,31,33)/t16-,18-,20+,24+/m0/s1. The lowest BCUT2D eigenvalue weighted by Crippen LogP contribution is -2.50. The van der Waals surface area contributed by atoms with Crippen LogP contribution < -0.4 is 10.6 Å². The minimum absolute atomic E-state index is 0.206. The summed E-state index contributed by atoms with van der Waals surface area (Å²) in [4.78, 5) is 25.8. The molecule has 1 aliphatic carbocycles. The predicted molar refractivity (Wildman–Crippen MR) is 148 cm³/mol. The molecule has 4 atom stereocenters. The van der Waals surface area contributed by atoms with Crippen LogP contribution in [0.5, 0.6) is 0 Å². The third kappa shape index (κ3) is 7.44. The van der Waals surface area contributed by atoms with Gasteiger partial charge in [0.15, 0.2) is 6.17 Å². The monoisotopic (exact) mass is 574 g/mol. The quantitative estimate of drug-likeness (QED) is 0.190. The highest BCUT2D eigenvalue weighted by Crippen LogP contribution is 2.39. The Bertz CT molecular complexity index is 1030. The Morgan fingerprint density at radius 2 is 1.86 bits per heavy atom. The normalized spacial score (nSPS) is 21.1. The molecule has 1 fully saturated rings. The van der Waals surface area contributed by atoms with Crippen molar-refractivity contribution in [3.63, 3.8) is 0 Å². The third-order valence-electron chi connectivity index (χ3n) is 6.44. The van der Waals surface area contributed by atoms with Gasteiger partial charge in [-0.25, -0.2) is 9.59 Å². The van der Waals surface area contributed by atoms with Gasteiger partial charge in [0.05, 0.1) is 6.61 Å². The summed E-state index contributed by atoms with van der Waals surface area (Å²) in [6, 6.07) is 9.45. The Morgan fingerprint density at radius 3 is 2.47 bits per heavy atom. The van der Waals surface area contributed by atoms with Gasteiger partial charge in [0, 0.05) is 10.9 Å². The molecule has 3 rings (SSSR count). The molecule has 1 amide bonds. The van der Waals surface area contributed by atoms with Crippen LogP contribution in [0, 0.1) is 17.8 Å². The first kappa shape index (κ1) is 28.9. The Kier molecular flexibility index (Phi) is 10.2. The van der Waals surface area contributed by atoms with E-state index in [1.807, 2.05) is 35.7 Å². The van der Waals surface area contributed by atoms with Crippen LogP contribution in [0.1, 0.15) is 57.3 Å². The van der Waals surface area contributed by atoms with Crippen molar-refractivity contribution in [3.8, 4) is 11.1 Å². The van der Waals surface area contributed by atoms with Gasteiger partial charge in [-0.15, -0.1) is 11.3 Å². The van der Waals surface area contributed by atoms with E-state index in [9.17, 15) is 9.59 Å². The van der Waals surface area contributed by atoms with E-state index in [1.54, 1.807) is 6.92 Å². The zero-order valence-electron chi connectivity index (χ0n) is 20.9. The van der Waals surface area contributed by atoms with Gasteiger partial charge < -0.3 is 14.8 Å². The molecule has 0 aliphatic heterocycles. The molecular weight excluding hydrogens is 543 g/mol. The minimum atomic E-state index is -1.93. The largest absolute Gasteiger partial charge is 0.462 e. The van der Waals surface area contributed by atoms with Gasteiger partial charge in [0.1, 0.15) is 16.7 Å². The lowest BCUT2D eigenvalue weighted by molar-refractivity contribution is 0.00534. The maximum Gasteiger partial charge on any atom is 0.409 e. The summed E-state index contributed by atoms with van der Waals surface area (Å²) in [5, 5.41) is 7.94. The maximum absolute atomic E-state index is 12.9. The average molecular weight is 576 g/mol. The van der Waals surface area contributed by atoms with Gasteiger partial charge in [-0.05, 0) is 43.1 Å². The summed E-state index contributed by atoms with van der Waals surface area (Å²) in [6.45, 7) is 8.38. The molecule has 10 heteroatoms. The number of nitrogens with one attached hydrogen (secondary N) is 2. The van der Waals surface area contributed by atoms with Crippen molar-refractivity contribution in [1.82, 2.24) is 5.32 Å². The molecule has 1 saturated carbocycles. The molecule has 1 heterocycles. The number of alkyl halides is 3. The second-order valence-electron chi connectivity index (χ2n) is 9.47. The highest BCUT2D eigenvalue weighted by atomic mass is 35.6. The van der Waals surface area contributed by atoms with Crippen LogP contribution in [0.15, 0.2) is 35.7 Å². The molecule has 0 bridgehead atoms. The van der Waals surface area contributed by atoms with Gasteiger partial charge in [0.25, 0.3) is 0 Å². The van der Waals surface area contributed by atoms with E-state index in [0.717, 1.165) is 24.8 Å². The summed E-state index contributed by atoms with van der Waals surface area (Å²) in [5.74, 6) is 0.607. The van der Waals surface area contributed by atoms with E-state index in [-0.39, 0.29) is 18.6 Å². The minimum Gasteiger partial charge on any atom is -0.462 e. The number of carbonyl (C=O) groups excluding carboxylic acids is 2. The lowest BCUT2D eigenvalue weighted by atomic mass is 9.75. The van der Waals surface area contributed by atoms with E-state index in [1.165, 1.54) is 11.3 Å². The number of esters is 1. The number of anilines is 1. The number of halogens is 3. The fourth-order valence-electron chi connectivity index (χ4n) is 4.57. The lowest BCUT2D eigenvalue weighted by Gasteiger charge is -2.37. The molecule has 1 aromatic carbocycles. The molecule has 1 aliphatic rings. The van der Waals surface area contributed by atoms with Crippen LogP contribution in [0.4, 0.5) is 9.80 Å². The first-order valence-electron chi connectivity index (χ1n) is 12.2. The van der Waals surface area contributed by atoms with Gasteiger partial charge in [-0.1, -0.05) is 92.3 Å². The van der Waals surface area contributed by atoms with E-state index >= 15 is 0 Å². The summed E-state index contributed by atoms with van der Waals surface area (Å²) in [6.07, 6.45) is 0.849. The second-order valence-corrected chi connectivity index (χ2v) is 12.7. The van der Waals surface area contributed by atoms with Crippen molar-refractivity contribution in [3.05, 3.63) is 41.3 Å². The molecule has 198 valence electrons. The SMILES string of the molecule is CCOC(=O)c1c(-c2ccccc2)csc1N[C@H](NC(=O)O[C@@H]1C[C@@H](C)CC[C@H]1C(C)C)C(Cl)(Cl)Cl. The van der Waals surface area contributed by atoms with Crippen molar-refractivity contribution in [2.24, 2.45) is 17.8 Å². The molecule has 0 saturated heterocycles. The highest BCUT2D eigenvalue weighted by Gasteiger charge is 2.38. The number of thiophene rings is 1. The van der Waals surface area contributed by atoms with Gasteiger partial charge in [0.2, 0.25) is 3.79 Å². The zero-order chi connectivity index (χ0) is 26.5. The highest BCUT2D eigenvalue weighted by molar-refractivity contribution is 7.15. The van der Waals surface area contributed by atoms with E-state index in [0.29, 0.717) is 28.0 Å². The number of alkyl carbamates (subject to hydrolysis) is 1. The van der Waals surface area contributed by atoms with Crippen LogP contribution in [-0.2, 0) is 9.47 Å². The van der Waals surface area contributed by atoms with Crippen LogP contribution in [0.3, 0.4) is 0 Å². The second kappa shape index (κ2) is 12.7. The Balaban J connectivity index is 1.83. The number of ether oxygens (including phenoxy) is 2. The van der Waals surface area contributed by atoms with Crippen LogP contribution >= 0.6 is 46.1 Å². The molecular formula is C26H33Cl3N2O4S. The number of benzene rings is 1. The summed E-state index contributed by atoms with van der Waals surface area (Å²) in [7, 11) is 0. The zero-order valence-corrected chi connectivity index (χ0v) is 23.9. The van der Waals surface area contributed by atoms with Crippen molar-refractivity contribution in [2.45, 2.75) is 63.0 Å². The molecule has 6 nitrogen and oxygen atoms in total. The fraction of sp³-hybridized carbons (Fsp3) is 0.538. The van der Waals surface area contributed by atoms with Crippen molar-refractivity contribution < 1.29 is 19.1 Å². The number of amides is 1. The number of hydrogen-bond acceptors (Lipinski definition) is 6. The molecule has 0 spiro atoms. The van der Waals surface area contributed by atoms with E-state index < -0.39 is 22.0 Å². The molecule has 36 heavy (non-hydrogen) atoms. The summed E-state index contributed by atoms with van der Waals surface area (Å²) >= 11 is 20.0. The third-order valence-corrected chi connectivity index (χ3v) is 8.01.